The van der Waals surface area contributed by atoms with Crippen molar-refractivity contribution in [1.29, 1.82) is 0 Å². The van der Waals surface area contributed by atoms with Crippen LogP contribution in [0, 0.1) is 12.8 Å². The second-order valence-electron chi connectivity index (χ2n) is 11.0. The average molecular weight is 592 g/mol. The van der Waals surface area contributed by atoms with E-state index in [1.807, 2.05) is 51.9 Å². The highest BCUT2D eigenvalue weighted by Gasteiger charge is 2.31. The van der Waals surface area contributed by atoms with Crippen LogP contribution < -0.4 is 20.7 Å². The van der Waals surface area contributed by atoms with Gasteiger partial charge >= 0.3 is 6.61 Å². The molecule has 0 saturated carbocycles. The van der Waals surface area contributed by atoms with Gasteiger partial charge in [-0.15, -0.1) is 0 Å². The van der Waals surface area contributed by atoms with Crippen molar-refractivity contribution in [2.24, 2.45) is 5.92 Å². The van der Waals surface area contributed by atoms with Crippen molar-refractivity contribution in [3.05, 3.63) is 71.8 Å². The fraction of sp³-hybridized carbons (Fsp3) is 0.387. The molecule has 12 heteroatoms. The Morgan fingerprint density at radius 1 is 1.02 bits per heavy atom. The molecule has 1 aromatic heterocycles. The predicted molar refractivity (Wildman–Crippen MR) is 158 cm³/mol. The molecule has 1 atom stereocenters. The van der Waals surface area contributed by atoms with Gasteiger partial charge in [0.25, 0.3) is 5.91 Å². The van der Waals surface area contributed by atoms with Crippen molar-refractivity contribution in [1.82, 2.24) is 30.0 Å². The zero-order chi connectivity index (χ0) is 29.9. The molecule has 2 saturated heterocycles. The van der Waals surface area contributed by atoms with E-state index < -0.39 is 6.61 Å². The summed E-state index contributed by atoms with van der Waals surface area (Å²) >= 11 is 0. The molecular weight excluding hydrogens is 556 g/mol. The Bertz CT molecular complexity index is 1490. The third-order valence-corrected chi connectivity index (χ3v) is 8.27. The van der Waals surface area contributed by atoms with Crippen LogP contribution in [0.15, 0.2) is 54.9 Å². The smallest absolute Gasteiger partial charge is 0.387 e. The third-order valence-electron chi connectivity index (χ3n) is 8.27. The van der Waals surface area contributed by atoms with Crippen LogP contribution in [0.1, 0.15) is 40.8 Å². The normalized spacial score (nSPS) is 18.7. The number of carbonyl (C=O) groups excluding carboxylic acids is 2. The van der Waals surface area contributed by atoms with E-state index in [0.29, 0.717) is 31.5 Å². The summed E-state index contributed by atoms with van der Waals surface area (Å²) in [6, 6.07) is 12.1. The van der Waals surface area contributed by atoms with Crippen molar-refractivity contribution in [2.75, 3.05) is 44.6 Å². The lowest BCUT2D eigenvalue weighted by Gasteiger charge is -2.36. The van der Waals surface area contributed by atoms with Crippen LogP contribution in [0.25, 0.3) is 17.5 Å². The summed E-state index contributed by atoms with van der Waals surface area (Å²) in [6.07, 6.45) is 6.44. The van der Waals surface area contributed by atoms with E-state index in [1.165, 1.54) is 12.1 Å². The Kier molecular flexibility index (Phi) is 8.28. The lowest BCUT2D eigenvalue weighted by molar-refractivity contribution is -0.137. The van der Waals surface area contributed by atoms with Crippen LogP contribution in [-0.4, -0.2) is 77.0 Å². The Balaban J connectivity index is 1.09. The fourth-order valence-electron chi connectivity index (χ4n) is 5.96. The van der Waals surface area contributed by atoms with Crippen LogP contribution in [0.3, 0.4) is 0 Å². The number of anilines is 1. The number of amides is 2. The minimum Gasteiger partial charge on any atom is -0.435 e. The molecule has 0 bridgehead atoms. The maximum Gasteiger partial charge on any atom is 0.387 e. The number of piperazine rings is 1. The molecule has 2 amide bonds. The number of imidazole rings is 1. The SMILES string of the molecule is Cc1cc(NC2NC=Cn3c(-c4ccc(OC(F)F)cc4)cnc32)ccc1C(=O)N1CCC(C(=O)N2CCNCC2)CC1. The number of aryl methyl sites for hydroxylation is 1. The van der Waals surface area contributed by atoms with Crippen LogP contribution >= 0.6 is 0 Å². The quantitative estimate of drug-likeness (QED) is 0.383. The number of hydrogen-bond donors (Lipinski definition) is 3. The number of aromatic nitrogens is 2. The van der Waals surface area contributed by atoms with Crippen molar-refractivity contribution >= 4 is 23.7 Å². The highest BCUT2D eigenvalue weighted by molar-refractivity contribution is 5.96. The van der Waals surface area contributed by atoms with Gasteiger partial charge in [0.1, 0.15) is 5.75 Å². The molecule has 43 heavy (non-hydrogen) atoms. The number of carbonyl (C=O) groups is 2. The van der Waals surface area contributed by atoms with Crippen LogP contribution in [0.5, 0.6) is 5.75 Å². The molecule has 2 fully saturated rings. The molecule has 6 rings (SSSR count). The van der Waals surface area contributed by atoms with Crippen LogP contribution in [0.2, 0.25) is 0 Å². The van der Waals surface area contributed by atoms with E-state index in [2.05, 4.69) is 25.7 Å². The number of benzene rings is 2. The van der Waals surface area contributed by atoms with E-state index >= 15 is 0 Å². The molecular formula is C31H35F2N7O3. The average Bonchev–Trinajstić information content (AvgIpc) is 3.46. The van der Waals surface area contributed by atoms with E-state index in [0.717, 1.165) is 54.5 Å². The summed E-state index contributed by atoms with van der Waals surface area (Å²) in [5.74, 6) is 1.01. The zero-order valence-electron chi connectivity index (χ0n) is 23.9. The number of nitrogens with zero attached hydrogens (tertiary/aromatic N) is 4. The van der Waals surface area contributed by atoms with Gasteiger partial charge in [-0.3, -0.25) is 14.2 Å². The molecule has 3 aromatic rings. The lowest BCUT2D eigenvalue weighted by Crippen LogP contribution is -2.50. The number of likely N-dealkylation sites (tertiary alicyclic amines) is 1. The lowest BCUT2D eigenvalue weighted by atomic mass is 9.94. The minimum absolute atomic E-state index is 0.0130. The van der Waals surface area contributed by atoms with E-state index in [1.54, 1.807) is 18.3 Å². The molecule has 1 unspecified atom stereocenters. The van der Waals surface area contributed by atoms with Gasteiger partial charge < -0.3 is 30.5 Å². The second kappa shape index (κ2) is 12.4. The molecule has 4 heterocycles. The number of rotatable bonds is 7. The first-order valence-electron chi connectivity index (χ1n) is 14.6. The molecule has 10 nitrogen and oxygen atoms in total. The first-order valence-corrected chi connectivity index (χ1v) is 14.6. The molecule has 0 radical (unpaired) electrons. The van der Waals surface area contributed by atoms with Crippen molar-refractivity contribution in [3.63, 3.8) is 0 Å². The van der Waals surface area contributed by atoms with Crippen LogP contribution in [-0.2, 0) is 4.79 Å². The van der Waals surface area contributed by atoms with Gasteiger partial charge in [0.05, 0.1) is 11.9 Å². The summed E-state index contributed by atoms with van der Waals surface area (Å²) in [6.45, 7) is 3.38. The number of fused-ring (bicyclic) bond motifs is 1. The zero-order valence-corrected chi connectivity index (χ0v) is 23.9. The first kappa shape index (κ1) is 28.7. The van der Waals surface area contributed by atoms with Gasteiger partial charge in [-0.05, 0) is 67.8 Å². The predicted octanol–water partition coefficient (Wildman–Crippen LogP) is 3.89. The number of alkyl halides is 2. The topological polar surface area (TPSA) is 104 Å². The summed E-state index contributed by atoms with van der Waals surface area (Å²) in [4.78, 5) is 34.7. The van der Waals surface area contributed by atoms with Gasteiger partial charge in [-0.1, -0.05) is 0 Å². The fourth-order valence-corrected chi connectivity index (χ4v) is 5.96. The monoisotopic (exact) mass is 591 g/mol. The van der Waals surface area contributed by atoms with E-state index in [9.17, 15) is 18.4 Å². The second-order valence-corrected chi connectivity index (χ2v) is 11.0. The molecule has 3 aliphatic rings. The standard InChI is InChI=1S/C31H35F2N7O3/c1-20-18-23(4-7-25(20)30(42)38-13-8-22(9-14-38)29(41)39-15-10-34-11-16-39)37-27-28-36-19-26(40(28)17-12-35-27)21-2-5-24(6-3-21)43-31(32)33/h2-7,12,17-19,22,27,31,34-35,37H,8-11,13-16H2,1H3. The molecule has 3 aliphatic heterocycles. The molecule has 0 aliphatic carbocycles. The van der Waals surface area contributed by atoms with Gasteiger partial charge in [0.2, 0.25) is 5.91 Å². The van der Waals surface area contributed by atoms with Gasteiger partial charge in [0, 0.05) is 74.4 Å². The largest absolute Gasteiger partial charge is 0.435 e. The van der Waals surface area contributed by atoms with Crippen LogP contribution in [0.4, 0.5) is 14.5 Å². The maximum absolute atomic E-state index is 13.4. The van der Waals surface area contributed by atoms with Crippen molar-refractivity contribution < 1.29 is 23.1 Å². The third kappa shape index (κ3) is 6.19. The highest BCUT2D eigenvalue weighted by Crippen LogP contribution is 2.30. The summed E-state index contributed by atoms with van der Waals surface area (Å²) < 4.78 is 31.4. The van der Waals surface area contributed by atoms with Crippen molar-refractivity contribution in [3.8, 4) is 17.0 Å². The van der Waals surface area contributed by atoms with E-state index in [4.69, 9.17) is 0 Å². The van der Waals surface area contributed by atoms with Gasteiger partial charge in [0.15, 0.2) is 12.0 Å². The first-order chi connectivity index (χ1) is 20.9. The number of halogens is 2. The Morgan fingerprint density at radius 3 is 2.47 bits per heavy atom. The minimum atomic E-state index is -2.87. The number of hydrogen-bond acceptors (Lipinski definition) is 7. The highest BCUT2D eigenvalue weighted by atomic mass is 19.3. The Morgan fingerprint density at radius 2 is 1.77 bits per heavy atom. The van der Waals surface area contributed by atoms with Crippen molar-refractivity contribution in [2.45, 2.75) is 32.5 Å². The Hall–Kier alpha value is -4.45. The summed E-state index contributed by atoms with van der Waals surface area (Å²) in [5, 5.41) is 10.0. The molecule has 2 aromatic carbocycles. The number of piperidine rings is 1. The number of ether oxygens (including phenoxy) is 1. The molecule has 226 valence electrons. The Labute approximate surface area is 248 Å². The van der Waals surface area contributed by atoms with Gasteiger partial charge in [-0.2, -0.15) is 8.78 Å². The van der Waals surface area contributed by atoms with Gasteiger partial charge in [-0.25, -0.2) is 4.98 Å². The maximum atomic E-state index is 13.4. The molecule has 3 N–H and O–H groups in total. The molecule has 0 spiro atoms. The number of nitrogens with one attached hydrogen (secondary N) is 3. The summed E-state index contributed by atoms with van der Waals surface area (Å²) in [7, 11) is 0. The van der Waals surface area contributed by atoms with E-state index in [-0.39, 0.29) is 29.6 Å². The summed E-state index contributed by atoms with van der Waals surface area (Å²) in [5.41, 5.74) is 3.94.